The second-order valence-electron chi connectivity index (χ2n) is 6.32. The van der Waals surface area contributed by atoms with Crippen molar-refractivity contribution in [3.05, 3.63) is 0 Å². The molecule has 0 saturated carbocycles. The summed E-state index contributed by atoms with van der Waals surface area (Å²) in [6.45, 7) is 7.05. The highest BCUT2D eigenvalue weighted by Gasteiger charge is 2.40. The lowest BCUT2D eigenvalue weighted by atomic mass is 9.94. The van der Waals surface area contributed by atoms with Crippen LogP contribution in [0.15, 0.2) is 0 Å². The van der Waals surface area contributed by atoms with Gasteiger partial charge in [0.15, 0.2) is 0 Å². The van der Waals surface area contributed by atoms with E-state index in [2.05, 4.69) is 31.5 Å². The maximum atomic E-state index is 9.81. The van der Waals surface area contributed by atoms with Crippen molar-refractivity contribution in [3.8, 4) is 11.8 Å². The quantitative estimate of drug-likeness (QED) is 0.399. The molecule has 0 aliphatic carbocycles. The lowest BCUT2D eigenvalue weighted by molar-refractivity contribution is -0.142. The molecule has 0 radical (unpaired) electrons. The monoisotopic (exact) mass is 287 g/mol. The Morgan fingerprint density at radius 2 is 1.74 bits per heavy atom. The fourth-order valence-corrected chi connectivity index (χ4v) is 2.70. The molecule has 5 nitrogen and oxygen atoms in total. The van der Waals surface area contributed by atoms with Crippen molar-refractivity contribution < 1.29 is 20.4 Å². The molecule has 110 valence electrons. The molecule has 4 atom stereocenters. The van der Waals surface area contributed by atoms with E-state index in [4.69, 9.17) is 0 Å². The van der Waals surface area contributed by atoms with Gasteiger partial charge in [-0.15, -0.1) is 5.92 Å². The van der Waals surface area contributed by atoms with Crippen molar-refractivity contribution in [1.82, 2.24) is 4.90 Å². The molecule has 6 heteroatoms. The second-order valence-corrected chi connectivity index (χ2v) is 11.8. The summed E-state index contributed by atoms with van der Waals surface area (Å²) in [5, 5.41) is 38.3. The number of hydrogen-bond acceptors (Lipinski definition) is 5. The molecule has 1 saturated heterocycles. The minimum atomic E-state index is -1.21. The van der Waals surface area contributed by atoms with Crippen LogP contribution in [0.1, 0.15) is 0 Å². The highest BCUT2D eigenvalue weighted by atomic mass is 28.3. The van der Waals surface area contributed by atoms with Gasteiger partial charge in [0.25, 0.3) is 0 Å². The number of β-amino-alcohol motifs (C(OH)–C–C–N with tert-alkyl or cyclic N) is 1. The Hall–Kier alpha value is -0.423. The van der Waals surface area contributed by atoms with Gasteiger partial charge in [0.2, 0.25) is 0 Å². The summed E-state index contributed by atoms with van der Waals surface area (Å²) in [5.41, 5.74) is 0. The Morgan fingerprint density at radius 1 is 1.11 bits per heavy atom. The average molecular weight is 287 g/mol. The van der Waals surface area contributed by atoms with Crippen LogP contribution >= 0.6 is 0 Å². The van der Waals surface area contributed by atoms with Gasteiger partial charge < -0.3 is 20.4 Å². The zero-order valence-corrected chi connectivity index (χ0v) is 12.9. The van der Waals surface area contributed by atoms with E-state index in [0.717, 1.165) is 6.04 Å². The number of hydrogen-bond donors (Lipinski definition) is 4. The van der Waals surface area contributed by atoms with Crippen molar-refractivity contribution >= 4 is 8.07 Å². The van der Waals surface area contributed by atoms with Gasteiger partial charge >= 0.3 is 0 Å². The van der Waals surface area contributed by atoms with E-state index < -0.39 is 32.4 Å². The van der Waals surface area contributed by atoms with Gasteiger partial charge in [0.1, 0.15) is 12.2 Å². The first kappa shape index (κ1) is 16.6. The van der Waals surface area contributed by atoms with Crippen LogP contribution in [0.4, 0.5) is 0 Å². The first-order chi connectivity index (χ1) is 8.76. The van der Waals surface area contributed by atoms with E-state index in [-0.39, 0.29) is 13.2 Å². The Balaban J connectivity index is 2.60. The van der Waals surface area contributed by atoms with Crippen LogP contribution in [-0.2, 0) is 0 Å². The third-order valence-electron chi connectivity index (χ3n) is 3.24. The van der Waals surface area contributed by atoms with E-state index in [0.29, 0.717) is 6.54 Å². The second kappa shape index (κ2) is 6.84. The molecule has 1 heterocycles. The number of likely N-dealkylation sites (tertiary alicyclic amines) is 1. The van der Waals surface area contributed by atoms with E-state index in [1.54, 1.807) is 4.90 Å². The lowest BCUT2D eigenvalue weighted by Crippen LogP contribution is -2.62. The van der Waals surface area contributed by atoms with Crippen LogP contribution < -0.4 is 0 Å². The van der Waals surface area contributed by atoms with Crippen molar-refractivity contribution in [2.24, 2.45) is 0 Å². The van der Waals surface area contributed by atoms with Gasteiger partial charge in [-0.3, -0.25) is 4.90 Å². The third kappa shape index (κ3) is 4.88. The molecule has 19 heavy (non-hydrogen) atoms. The van der Waals surface area contributed by atoms with Gasteiger partial charge in [-0.2, -0.15) is 0 Å². The molecule has 0 spiro atoms. The fourth-order valence-electron chi connectivity index (χ4n) is 2.05. The zero-order chi connectivity index (χ0) is 14.6. The summed E-state index contributed by atoms with van der Waals surface area (Å²) in [6.07, 6.45) is -3.35. The first-order valence-electron chi connectivity index (χ1n) is 6.61. The molecular formula is C13H25NO4Si. The molecule has 1 rings (SSSR count). The van der Waals surface area contributed by atoms with Crippen LogP contribution in [0.2, 0.25) is 25.7 Å². The van der Waals surface area contributed by atoms with E-state index >= 15 is 0 Å². The van der Waals surface area contributed by atoms with E-state index in [1.165, 1.54) is 0 Å². The van der Waals surface area contributed by atoms with Crippen LogP contribution in [0.25, 0.3) is 0 Å². The van der Waals surface area contributed by atoms with Gasteiger partial charge in [0.05, 0.1) is 33.4 Å². The Kier molecular flexibility index (Phi) is 5.99. The lowest BCUT2D eigenvalue weighted by Gasteiger charge is -2.42. The molecule has 0 bridgehead atoms. The molecule has 0 unspecified atom stereocenters. The molecule has 0 amide bonds. The summed E-state index contributed by atoms with van der Waals surface area (Å²) in [4.78, 5) is 1.72. The van der Waals surface area contributed by atoms with Gasteiger partial charge in [0, 0.05) is 12.6 Å². The maximum absolute atomic E-state index is 9.81. The number of piperidine rings is 1. The minimum Gasteiger partial charge on any atom is -0.395 e. The van der Waals surface area contributed by atoms with Crippen molar-refractivity contribution in [2.45, 2.75) is 50.0 Å². The number of aliphatic hydroxyl groups is 4. The first-order valence-corrected chi connectivity index (χ1v) is 10.3. The Labute approximate surface area is 115 Å². The molecule has 0 aromatic heterocycles. The molecule has 1 aliphatic heterocycles. The molecule has 1 aliphatic rings. The molecule has 1 fully saturated rings. The van der Waals surface area contributed by atoms with Crippen LogP contribution in [-0.4, -0.2) is 77.5 Å². The summed E-state index contributed by atoms with van der Waals surface area (Å²) >= 11 is 0. The SMILES string of the molecule is C[Si](C)(C)CC#CCN1C[C@H](O)[C@@H](O)[C@H](O)[C@H]1CO. The van der Waals surface area contributed by atoms with Crippen LogP contribution in [0, 0.1) is 11.8 Å². The number of rotatable bonds is 3. The van der Waals surface area contributed by atoms with Crippen molar-refractivity contribution in [1.29, 1.82) is 0 Å². The van der Waals surface area contributed by atoms with Crippen LogP contribution in [0.5, 0.6) is 0 Å². The predicted octanol–water partition coefficient (Wildman–Crippen LogP) is -0.913. The normalized spacial score (nSPS) is 32.8. The van der Waals surface area contributed by atoms with Gasteiger partial charge in [-0.05, 0) is 0 Å². The summed E-state index contributed by atoms with van der Waals surface area (Å²) in [6, 6.07) is 0.331. The Bertz CT molecular complexity index is 347. The molecular weight excluding hydrogens is 262 g/mol. The molecule has 0 aromatic carbocycles. The minimum absolute atomic E-state index is 0.213. The van der Waals surface area contributed by atoms with Crippen molar-refractivity contribution in [3.63, 3.8) is 0 Å². The molecule has 4 N–H and O–H groups in total. The highest BCUT2D eigenvalue weighted by molar-refractivity contribution is 6.76. The predicted molar refractivity (Wildman–Crippen MR) is 76.4 cm³/mol. The number of aliphatic hydroxyl groups excluding tert-OH is 4. The van der Waals surface area contributed by atoms with Gasteiger partial charge in [-0.25, -0.2) is 0 Å². The zero-order valence-electron chi connectivity index (χ0n) is 11.9. The summed E-state index contributed by atoms with van der Waals surface area (Å²) < 4.78 is 0. The topological polar surface area (TPSA) is 84.2 Å². The molecule has 0 aromatic rings. The third-order valence-corrected chi connectivity index (χ3v) is 4.48. The standard InChI is InChI=1S/C13H25NO4Si/c1-19(2,3)7-5-4-6-14-8-11(16)13(18)12(17)10(14)9-15/h10-13,15-18H,6-9H2,1-3H3/t10-,11+,12-,13-/m1/s1. The number of nitrogens with zero attached hydrogens (tertiary/aromatic N) is 1. The summed E-state index contributed by atoms with van der Waals surface area (Å²) in [7, 11) is -1.19. The van der Waals surface area contributed by atoms with E-state index in [9.17, 15) is 20.4 Å². The highest BCUT2D eigenvalue weighted by Crippen LogP contribution is 2.18. The maximum Gasteiger partial charge on any atom is 0.109 e. The summed E-state index contributed by atoms with van der Waals surface area (Å²) in [5.74, 6) is 6.15. The largest absolute Gasteiger partial charge is 0.395 e. The smallest absolute Gasteiger partial charge is 0.109 e. The van der Waals surface area contributed by atoms with Gasteiger partial charge in [-0.1, -0.05) is 25.6 Å². The fraction of sp³-hybridized carbons (Fsp3) is 0.846. The van der Waals surface area contributed by atoms with Crippen LogP contribution in [0.3, 0.4) is 0 Å². The Morgan fingerprint density at radius 3 is 2.26 bits per heavy atom. The van der Waals surface area contributed by atoms with E-state index in [1.807, 2.05) is 0 Å². The average Bonchev–Trinajstić information content (AvgIpc) is 2.31. The van der Waals surface area contributed by atoms with Crippen molar-refractivity contribution in [2.75, 3.05) is 19.7 Å².